The summed E-state index contributed by atoms with van der Waals surface area (Å²) in [7, 11) is -4.36. The fourth-order valence-corrected chi connectivity index (χ4v) is 7.01. The van der Waals surface area contributed by atoms with Gasteiger partial charge in [-0.05, 0) is 31.2 Å². The van der Waals surface area contributed by atoms with Gasteiger partial charge in [0.05, 0.1) is 23.1 Å². The number of hydrogen-bond acceptors (Lipinski definition) is 7. The third kappa shape index (κ3) is 4.72. The Kier molecular flexibility index (Phi) is 7.05. The number of ether oxygens (including phenoxy) is 1. The van der Waals surface area contributed by atoms with Crippen LogP contribution in [0.25, 0.3) is 16.6 Å². The zero-order valence-electron chi connectivity index (χ0n) is 20.0. The summed E-state index contributed by atoms with van der Waals surface area (Å²) in [6.07, 6.45) is 3.86. The van der Waals surface area contributed by atoms with E-state index in [1.807, 2.05) is 35.9 Å². The van der Waals surface area contributed by atoms with E-state index in [0.717, 1.165) is 21.1 Å². The highest BCUT2D eigenvalue weighted by molar-refractivity contribution is 7.89. The van der Waals surface area contributed by atoms with Gasteiger partial charge < -0.3 is 19.5 Å². The van der Waals surface area contributed by atoms with Gasteiger partial charge in [0, 0.05) is 47.0 Å². The molecule has 2 N–H and O–H groups in total. The van der Waals surface area contributed by atoms with E-state index in [9.17, 15) is 23.4 Å². The number of aromatic nitrogens is 3. The maximum absolute atomic E-state index is 13.4. The van der Waals surface area contributed by atoms with Crippen LogP contribution in [0.5, 0.6) is 5.75 Å². The van der Waals surface area contributed by atoms with E-state index in [2.05, 4.69) is 9.97 Å². The Hall–Kier alpha value is -3.22. The summed E-state index contributed by atoms with van der Waals surface area (Å²) in [6, 6.07) is 8.55. The predicted octanol–water partition coefficient (Wildman–Crippen LogP) is 3.82. The van der Waals surface area contributed by atoms with Crippen LogP contribution in [0.2, 0.25) is 10.0 Å². The normalized spacial score (nSPS) is 18.2. The van der Waals surface area contributed by atoms with Gasteiger partial charge in [0.2, 0.25) is 10.0 Å². The van der Waals surface area contributed by atoms with Crippen LogP contribution in [0.4, 0.5) is 0 Å². The molecule has 4 aromatic rings. The second-order valence-electron chi connectivity index (χ2n) is 8.85. The van der Waals surface area contributed by atoms with Crippen LogP contribution in [-0.2, 0) is 21.4 Å². The summed E-state index contributed by atoms with van der Waals surface area (Å²) in [5.41, 5.74) is 2.41. The topological polar surface area (TPSA) is 135 Å². The molecule has 0 saturated carbocycles. The van der Waals surface area contributed by atoms with Crippen LogP contribution in [0.1, 0.15) is 17.7 Å². The maximum Gasteiger partial charge on any atom is 0.322 e. The van der Waals surface area contributed by atoms with Crippen molar-refractivity contribution in [3.05, 3.63) is 76.4 Å². The Morgan fingerprint density at radius 3 is 2.74 bits per heavy atom. The van der Waals surface area contributed by atoms with Crippen LogP contribution in [0.15, 0.2) is 60.0 Å². The second kappa shape index (κ2) is 10.2. The van der Waals surface area contributed by atoms with Crippen molar-refractivity contribution in [3.63, 3.8) is 0 Å². The monoisotopic (exact) mass is 576 g/mol. The maximum atomic E-state index is 13.4. The fourth-order valence-electron chi connectivity index (χ4n) is 4.52. The van der Waals surface area contributed by atoms with Crippen LogP contribution >= 0.6 is 23.2 Å². The van der Waals surface area contributed by atoms with Gasteiger partial charge in [-0.15, -0.1) is 0 Å². The van der Waals surface area contributed by atoms with Gasteiger partial charge in [-0.25, -0.2) is 18.4 Å². The average molecular weight is 577 g/mol. The molecule has 13 heteroatoms. The van der Waals surface area contributed by atoms with Crippen LogP contribution in [-0.4, -0.2) is 62.1 Å². The number of para-hydroxylation sites is 1. The molecule has 1 saturated heterocycles. The van der Waals surface area contributed by atoms with Gasteiger partial charge in [0.15, 0.2) is 0 Å². The molecule has 5 rings (SSSR count). The van der Waals surface area contributed by atoms with E-state index in [1.165, 1.54) is 12.1 Å². The lowest BCUT2D eigenvalue weighted by atomic mass is 10.1. The molecule has 3 heterocycles. The van der Waals surface area contributed by atoms with Gasteiger partial charge in [0.1, 0.15) is 28.8 Å². The molecule has 0 unspecified atom stereocenters. The van der Waals surface area contributed by atoms with Crippen molar-refractivity contribution in [2.24, 2.45) is 0 Å². The van der Waals surface area contributed by atoms with E-state index in [4.69, 9.17) is 27.9 Å². The first-order chi connectivity index (χ1) is 18.1. The predicted molar refractivity (Wildman–Crippen MR) is 140 cm³/mol. The molecule has 198 valence electrons. The first-order valence-electron chi connectivity index (χ1n) is 11.5. The number of pyridine rings is 1. The number of rotatable bonds is 7. The van der Waals surface area contributed by atoms with E-state index in [1.54, 1.807) is 18.6 Å². The highest BCUT2D eigenvalue weighted by Gasteiger charge is 2.44. The largest absolute Gasteiger partial charge is 0.487 e. The number of imidazole rings is 1. The quantitative estimate of drug-likeness (QED) is 0.339. The highest BCUT2D eigenvalue weighted by atomic mass is 35.5. The van der Waals surface area contributed by atoms with E-state index < -0.39 is 28.1 Å². The molecule has 1 fully saturated rings. The Bertz CT molecular complexity index is 1650. The third-order valence-corrected chi connectivity index (χ3v) is 9.13. The number of aliphatic hydroxyl groups excluding tert-OH is 1. The number of carboxylic acid groups (broad SMARTS) is 1. The second-order valence-corrected chi connectivity index (χ2v) is 11.5. The summed E-state index contributed by atoms with van der Waals surface area (Å²) in [4.78, 5) is 20.1. The summed E-state index contributed by atoms with van der Waals surface area (Å²) >= 11 is 12.9. The number of carbonyl (C=O) groups is 1. The number of sulfonamides is 1. The molecule has 0 aliphatic carbocycles. The molecule has 0 radical (unpaired) electrons. The van der Waals surface area contributed by atoms with Crippen molar-refractivity contribution < 1.29 is 28.2 Å². The molecule has 2 aromatic carbocycles. The standard InChI is InChI=1S/C25H22Cl2N4O6S/c1-14-9-19(30-8-7-28-13-30)16-3-2-4-21(24(16)29-14)37-12-17-18(26)5-6-22(23(17)27)38(35,36)31-11-15(32)10-20(31)25(33)34/h2-9,13,15,20,32H,10-12H2,1H3,(H,33,34)/t15-,20+/m1/s1. The lowest BCUT2D eigenvalue weighted by molar-refractivity contribution is -0.140. The average Bonchev–Trinajstić information content (AvgIpc) is 3.54. The lowest BCUT2D eigenvalue weighted by Crippen LogP contribution is -2.40. The Labute approximate surface area is 228 Å². The molecule has 0 bridgehead atoms. The minimum Gasteiger partial charge on any atom is -0.487 e. The van der Waals surface area contributed by atoms with Gasteiger partial charge in [-0.3, -0.25) is 4.79 Å². The summed E-state index contributed by atoms with van der Waals surface area (Å²) in [5.74, 6) is -0.922. The lowest BCUT2D eigenvalue weighted by Gasteiger charge is -2.22. The number of nitrogens with zero attached hydrogens (tertiary/aromatic N) is 4. The number of hydrogen-bond donors (Lipinski definition) is 2. The number of carboxylic acids is 1. The number of aryl methyl sites for hydroxylation is 1. The van der Waals surface area contributed by atoms with Crippen molar-refractivity contribution >= 4 is 50.1 Å². The van der Waals surface area contributed by atoms with Crippen molar-refractivity contribution in [1.29, 1.82) is 0 Å². The molecule has 2 atom stereocenters. The smallest absolute Gasteiger partial charge is 0.322 e. The molecule has 2 aromatic heterocycles. The van der Waals surface area contributed by atoms with Gasteiger partial charge in [-0.2, -0.15) is 4.31 Å². The minimum absolute atomic E-state index is 0.175. The van der Waals surface area contributed by atoms with Crippen LogP contribution in [0.3, 0.4) is 0 Å². The van der Waals surface area contributed by atoms with Gasteiger partial charge in [-0.1, -0.05) is 35.3 Å². The molecule has 0 amide bonds. The molecular weight excluding hydrogens is 555 g/mol. The van der Waals surface area contributed by atoms with Crippen LogP contribution < -0.4 is 4.74 Å². The van der Waals surface area contributed by atoms with Gasteiger partial charge in [0.25, 0.3) is 0 Å². The summed E-state index contributed by atoms with van der Waals surface area (Å²) in [6.45, 7) is 1.32. The first kappa shape index (κ1) is 26.4. The fraction of sp³-hybridized carbons (Fsp3) is 0.240. The number of benzene rings is 2. The number of β-amino-alcohol motifs (C(OH)–C–C–N with tert-alkyl or cyclic N) is 1. The molecule has 38 heavy (non-hydrogen) atoms. The van der Waals surface area contributed by atoms with Gasteiger partial charge >= 0.3 is 5.97 Å². The molecule has 1 aliphatic rings. The van der Waals surface area contributed by atoms with E-state index >= 15 is 0 Å². The summed E-state index contributed by atoms with van der Waals surface area (Å²) < 4.78 is 35.4. The zero-order valence-corrected chi connectivity index (χ0v) is 22.3. The van der Waals surface area contributed by atoms with Crippen molar-refractivity contribution in [2.75, 3.05) is 6.54 Å². The Morgan fingerprint density at radius 2 is 2.03 bits per heavy atom. The Morgan fingerprint density at radius 1 is 1.24 bits per heavy atom. The number of aliphatic hydroxyl groups is 1. The van der Waals surface area contributed by atoms with Crippen molar-refractivity contribution in [1.82, 2.24) is 18.8 Å². The molecule has 1 aliphatic heterocycles. The first-order valence-corrected chi connectivity index (χ1v) is 13.7. The van der Waals surface area contributed by atoms with Crippen molar-refractivity contribution in [3.8, 4) is 11.4 Å². The SMILES string of the molecule is Cc1cc(-n2ccnc2)c2cccc(OCc3c(Cl)ccc(S(=O)(=O)N4C[C@H](O)C[C@H]4C(=O)O)c3Cl)c2n1. The Balaban J connectivity index is 1.50. The zero-order chi connectivity index (χ0) is 27.2. The minimum atomic E-state index is -4.36. The van der Waals surface area contributed by atoms with Crippen LogP contribution in [0, 0.1) is 6.92 Å². The van der Waals surface area contributed by atoms with E-state index in [0.29, 0.717) is 11.3 Å². The molecule has 0 spiro atoms. The van der Waals surface area contributed by atoms with Crippen molar-refractivity contribution in [2.45, 2.75) is 37.0 Å². The molecular formula is C25H22Cl2N4O6S. The molecule has 10 nitrogen and oxygen atoms in total. The number of halogens is 2. The summed E-state index contributed by atoms with van der Waals surface area (Å²) in [5, 5.41) is 20.2. The number of fused-ring (bicyclic) bond motifs is 1. The van der Waals surface area contributed by atoms with E-state index in [-0.39, 0.29) is 40.1 Å². The highest BCUT2D eigenvalue weighted by Crippen LogP contribution is 2.37. The third-order valence-electron chi connectivity index (χ3n) is 6.32. The number of aliphatic carboxylic acids is 1.